The highest BCUT2D eigenvalue weighted by molar-refractivity contribution is 5.43. The molecule has 3 heterocycles. The molecule has 0 aromatic heterocycles. The maximum Gasteiger partial charge on any atom is 0.161 e. The molecule has 4 nitrogen and oxygen atoms in total. The van der Waals surface area contributed by atoms with Crippen molar-refractivity contribution in [3.63, 3.8) is 0 Å². The molecule has 2 saturated heterocycles. The number of benzene rings is 1. The van der Waals surface area contributed by atoms with Crippen molar-refractivity contribution in [2.24, 2.45) is 0 Å². The van der Waals surface area contributed by atoms with Crippen molar-refractivity contribution in [2.45, 2.75) is 50.4 Å². The summed E-state index contributed by atoms with van der Waals surface area (Å²) in [4.78, 5) is 0. The van der Waals surface area contributed by atoms with Crippen LogP contribution in [-0.4, -0.2) is 31.3 Å². The summed E-state index contributed by atoms with van der Waals surface area (Å²) in [6, 6.07) is 8.41. The molecule has 2 fully saturated rings. The number of nitrogens with one attached hydrogen (secondary N) is 2. The molecular formula is C16H22N2O2. The van der Waals surface area contributed by atoms with E-state index in [1.165, 1.54) is 31.2 Å². The molecule has 2 unspecified atom stereocenters. The molecule has 1 aromatic carbocycles. The van der Waals surface area contributed by atoms with Crippen LogP contribution in [0, 0.1) is 0 Å². The lowest BCUT2D eigenvalue weighted by Gasteiger charge is -2.30. The van der Waals surface area contributed by atoms with Gasteiger partial charge in [0.05, 0.1) is 0 Å². The number of ether oxygens (including phenoxy) is 2. The van der Waals surface area contributed by atoms with Crippen LogP contribution in [0.3, 0.4) is 0 Å². The van der Waals surface area contributed by atoms with Crippen LogP contribution in [0.5, 0.6) is 11.5 Å². The molecule has 2 N–H and O–H groups in total. The van der Waals surface area contributed by atoms with Crippen LogP contribution in [0.2, 0.25) is 0 Å². The van der Waals surface area contributed by atoms with E-state index in [4.69, 9.17) is 9.47 Å². The summed E-state index contributed by atoms with van der Waals surface area (Å²) >= 11 is 0. The normalized spacial score (nSPS) is 31.3. The number of piperidine rings is 1. The van der Waals surface area contributed by atoms with Crippen molar-refractivity contribution in [2.75, 3.05) is 13.2 Å². The Morgan fingerprint density at radius 3 is 2.60 bits per heavy atom. The van der Waals surface area contributed by atoms with Gasteiger partial charge in [0.1, 0.15) is 13.2 Å². The zero-order valence-electron chi connectivity index (χ0n) is 11.7. The van der Waals surface area contributed by atoms with Crippen LogP contribution in [0.1, 0.15) is 31.2 Å². The Balaban J connectivity index is 1.37. The third-order valence-corrected chi connectivity index (χ3v) is 4.67. The van der Waals surface area contributed by atoms with Crippen LogP contribution in [0.15, 0.2) is 18.2 Å². The molecule has 0 amide bonds. The number of rotatable bonds is 3. The second kappa shape index (κ2) is 5.26. The van der Waals surface area contributed by atoms with Gasteiger partial charge in [-0.25, -0.2) is 0 Å². The summed E-state index contributed by atoms with van der Waals surface area (Å²) in [5.41, 5.74) is 1.28. The molecule has 20 heavy (non-hydrogen) atoms. The van der Waals surface area contributed by atoms with E-state index in [0.29, 0.717) is 19.3 Å². The van der Waals surface area contributed by atoms with E-state index < -0.39 is 0 Å². The average Bonchev–Trinajstić information content (AvgIpc) is 2.84. The molecule has 4 heteroatoms. The fourth-order valence-corrected chi connectivity index (χ4v) is 3.68. The average molecular weight is 274 g/mol. The van der Waals surface area contributed by atoms with Gasteiger partial charge >= 0.3 is 0 Å². The van der Waals surface area contributed by atoms with E-state index in [2.05, 4.69) is 22.8 Å². The largest absolute Gasteiger partial charge is 0.486 e. The minimum Gasteiger partial charge on any atom is -0.486 e. The molecule has 3 aliphatic rings. The quantitative estimate of drug-likeness (QED) is 0.882. The van der Waals surface area contributed by atoms with Crippen molar-refractivity contribution < 1.29 is 9.47 Å². The highest BCUT2D eigenvalue weighted by Crippen LogP contribution is 2.31. The van der Waals surface area contributed by atoms with E-state index in [9.17, 15) is 0 Å². The lowest BCUT2D eigenvalue weighted by atomic mass is 9.99. The molecule has 0 radical (unpaired) electrons. The summed E-state index contributed by atoms with van der Waals surface area (Å²) < 4.78 is 11.2. The summed E-state index contributed by atoms with van der Waals surface area (Å²) in [5.74, 6) is 1.76. The Morgan fingerprint density at radius 1 is 1.05 bits per heavy atom. The minimum absolute atomic E-state index is 0.654. The van der Waals surface area contributed by atoms with Gasteiger partial charge in [-0.3, -0.25) is 0 Å². The van der Waals surface area contributed by atoms with Crippen LogP contribution < -0.4 is 20.1 Å². The van der Waals surface area contributed by atoms with Crippen molar-refractivity contribution in [1.29, 1.82) is 0 Å². The highest BCUT2D eigenvalue weighted by atomic mass is 16.6. The van der Waals surface area contributed by atoms with Crippen LogP contribution in [0.25, 0.3) is 0 Å². The van der Waals surface area contributed by atoms with E-state index in [-0.39, 0.29) is 0 Å². The molecule has 0 saturated carbocycles. The predicted molar refractivity (Wildman–Crippen MR) is 77.2 cm³/mol. The molecule has 0 spiro atoms. The monoisotopic (exact) mass is 274 g/mol. The summed E-state index contributed by atoms with van der Waals surface area (Å²) in [5, 5.41) is 7.39. The van der Waals surface area contributed by atoms with Crippen molar-refractivity contribution >= 4 is 0 Å². The lowest BCUT2D eigenvalue weighted by molar-refractivity contribution is 0.171. The van der Waals surface area contributed by atoms with Crippen molar-refractivity contribution in [3.8, 4) is 11.5 Å². The molecule has 0 aliphatic carbocycles. The zero-order chi connectivity index (χ0) is 13.4. The number of hydrogen-bond donors (Lipinski definition) is 2. The fourth-order valence-electron chi connectivity index (χ4n) is 3.68. The first-order valence-electron chi connectivity index (χ1n) is 7.75. The topological polar surface area (TPSA) is 42.5 Å². The lowest BCUT2D eigenvalue weighted by Crippen LogP contribution is -2.46. The standard InChI is InChI=1S/C16H22N2O2/c1-4-15-16(20-6-5-19-15)7-11(1)10-17-14-8-12-2-3-13(9-14)18-12/h1,4,7,12-14,17-18H,2-3,5-6,8-10H2. The molecule has 1 aromatic rings. The Labute approximate surface area is 119 Å². The Bertz CT molecular complexity index is 479. The number of fused-ring (bicyclic) bond motifs is 3. The second-order valence-corrected chi connectivity index (χ2v) is 6.17. The molecule has 3 aliphatic heterocycles. The maximum atomic E-state index is 5.64. The number of hydrogen-bond acceptors (Lipinski definition) is 4. The first kappa shape index (κ1) is 12.5. The van der Waals surface area contributed by atoms with Crippen molar-refractivity contribution in [3.05, 3.63) is 23.8 Å². The maximum absolute atomic E-state index is 5.64. The van der Waals surface area contributed by atoms with Crippen LogP contribution in [-0.2, 0) is 6.54 Å². The van der Waals surface area contributed by atoms with Crippen LogP contribution in [0.4, 0.5) is 0 Å². The third kappa shape index (κ3) is 2.50. The molecule has 2 atom stereocenters. The molecule has 4 rings (SSSR count). The van der Waals surface area contributed by atoms with Gasteiger partial charge in [-0.2, -0.15) is 0 Å². The SMILES string of the molecule is c1cc2c(cc1CNC1CC3CCC(C1)N3)OCCO2. The zero-order valence-corrected chi connectivity index (χ0v) is 11.7. The summed E-state index contributed by atoms with van der Waals surface area (Å²) in [7, 11) is 0. The van der Waals surface area contributed by atoms with E-state index in [0.717, 1.165) is 30.1 Å². The smallest absolute Gasteiger partial charge is 0.161 e. The first-order chi connectivity index (χ1) is 9.87. The minimum atomic E-state index is 0.654. The van der Waals surface area contributed by atoms with Crippen LogP contribution >= 0.6 is 0 Å². The second-order valence-electron chi connectivity index (χ2n) is 6.17. The van der Waals surface area contributed by atoms with Gasteiger partial charge in [0, 0.05) is 24.7 Å². The Kier molecular flexibility index (Phi) is 3.28. The third-order valence-electron chi connectivity index (χ3n) is 4.67. The highest BCUT2D eigenvalue weighted by Gasteiger charge is 2.32. The summed E-state index contributed by atoms with van der Waals surface area (Å²) in [6.07, 6.45) is 5.24. The van der Waals surface area contributed by atoms with Gasteiger partial charge in [-0.1, -0.05) is 6.07 Å². The van der Waals surface area contributed by atoms with Gasteiger partial charge in [-0.15, -0.1) is 0 Å². The van der Waals surface area contributed by atoms with E-state index >= 15 is 0 Å². The van der Waals surface area contributed by atoms with Gasteiger partial charge in [0.15, 0.2) is 11.5 Å². The Hall–Kier alpha value is -1.26. The van der Waals surface area contributed by atoms with Gasteiger partial charge in [0.25, 0.3) is 0 Å². The van der Waals surface area contributed by atoms with Gasteiger partial charge in [0.2, 0.25) is 0 Å². The Morgan fingerprint density at radius 2 is 1.80 bits per heavy atom. The fraction of sp³-hybridized carbons (Fsp3) is 0.625. The summed E-state index contributed by atoms with van der Waals surface area (Å²) in [6.45, 7) is 2.23. The van der Waals surface area contributed by atoms with E-state index in [1.807, 2.05) is 6.07 Å². The molecule has 108 valence electrons. The molecular weight excluding hydrogens is 252 g/mol. The predicted octanol–water partition coefficient (Wildman–Crippen LogP) is 1.83. The molecule has 2 bridgehead atoms. The van der Waals surface area contributed by atoms with Gasteiger partial charge < -0.3 is 20.1 Å². The van der Waals surface area contributed by atoms with E-state index in [1.54, 1.807) is 0 Å². The van der Waals surface area contributed by atoms with Gasteiger partial charge in [-0.05, 0) is 43.4 Å². The first-order valence-corrected chi connectivity index (χ1v) is 7.75. The van der Waals surface area contributed by atoms with Crippen molar-refractivity contribution in [1.82, 2.24) is 10.6 Å².